The third-order valence-electron chi connectivity index (χ3n) is 2.96. The van der Waals surface area contributed by atoms with E-state index in [1.54, 1.807) is 18.2 Å². The predicted molar refractivity (Wildman–Crippen MR) is 79.3 cm³/mol. The molecular formula is C14H12BrClF2N2. The van der Waals surface area contributed by atoms with E-state index in [1.807, 2.05) is 6.07 Å². The summed E-state index contributed by atoms with van der Waals surface area (Å²) in [6.45, 7) is 0. The normalized spacial score (nSPS) is 12.4. The van der Waals surface area contributed by atoms with Crippen molar-refractivity contribution < 1.29 is 8.78 Å². The van der Waals surface area contributed by atoms with Gasteiger partial charge in [0.1, 0.15) is 11.6 Å². The molecule has 2 aromatic carbocycles. The predicted octanol–water partition coefficient (Wildman–Crippen LogP) is 4.13. The van der Waals surface area contributed by atoms with Gasteiger partial charge in [-0.05, 0) is 52.2 Å². The molecule has 1 unspecified atom stereocenters. The molecule has 2 rings (SSSR count). The maximum absolute atomic E-state index is 14.1. The van der Waals surface area contributed by atoms with Gasteiger partial charge in [0.25, 0.3) is 0 Å². The zero-order chi connectivity index (χ0) is 14.7. The highest BCUT2D eigenvalue weighted by molar-refractivity contribution is 9.10. The van der Waals surface area contributed by atoms with Gasteiger partial charge in [0.05, 0.1) is 10.5 Å². The van der Waals surface area contributed by atoms with Crippen molar-refractivity contribution in [2.45, 2.75) is 12.5 Å². The molecule has 0 aliphatic heterocycles. The quantitative estimate of drug-likeness (QED) is 0.488. The number of hydrazine groups is 1. The van der Waals surface area contributed by atoms with Crippen LogP contribution in [0.5, 0.6) is 0 Å². The molecule has 0 heterocycles. The van der Waals surface area contributed by atoms with E-state index < -0.39 is 17.7 Å². The van der Waals surface area contributed by atoms with Crippen LogP contribution >= 0.6 is 27.5 Å². The summed E-state index contributed by atoms with van der Waals surface area (Å²) in [4.78, 5) is 0. The van der Waals surface area contributed by atoms with Crippen LogP contribution in [-0.2, 0) is 6.42 Å². The Hall–Kier alpha value is -1.01. The lowest BCUT2D eigenvalue weighted by molar-refractivity contribution is 0.470. The zero-order valence-electron chi connectivity index (χ0n) is 10.3. The molecule has 0 aliphatic rings. The highest BCUT2D eigenvalue weighted by Crippen LogP contribution is 2.28. The van der Waals surface area contributed by atoms with Crippen molar-refractivity contribution in [1.82, 2.24) is 5.43 Å². The highest BCUT2D eigenvalue weighted by atomic mass is 79.9. The smallest absolute Gasteiger partial charge is 0.145 e. The van der Waals surface area contributed by atoms with Gasteiger partial charge in [-0.25, -0.2) is 8.78 Å². The van der Waals surface area contributed by atoms with E-state index in [4.69, 9.17) is 17.4 Å². The number of benzene rings is 2. The topological polar surface area (TPSA) is 38.0 Å². The first kappa shape index (κ1) is 15.4. The molecule has 1 atom stereocenters. The number of halogens is 4. The molecular weight excluding hydrogens is 350 g/mol. The first-order valence-corrected chi connectivity index (χ1v) is 7.04. The van der Waals surface area contributed by atoms with Crippen molar-refractivity contribution in [3.05, 3.63) is 68.7 Å². The van der Waals surface area contributed by atoms with E-state index >= 15 is 0 Å². The molecule has 20 heavy (non-hydrogen) atoms. The second-order valence-electron chi connectivity index (χ2n) is 4.31. The van der Waals surface area contributed by atoms with Crippen LogP contribution in [0.15, 0.2) is 40.9 Å². The fourth-order valence-electron chi connectivity index (χ4n) is 2.01. The van der Waals surface area contributed by atoms with Gasteiger partial charge >= 0.3 is 0 Å². The Morgan fingerprint density at radius 2 is 2.00 bits per heavy atom. The van der Waals surface area contributed by atoms with Crippen LogP contribution in [-0.4, -0.2) is 0 Å². The van der Waals surface area contributed by atoms with Crippen LogP contribution < -0.4 is 11.3 Å². The van der Waals surface area contributed by atoms with Crippen molar-refractivity contribution in [2.75, 3.05) is 0 Å². The van der Waals surface area contributed by atoms with Gasteiger partial charge in [-0.1, -0.05) is 23.7 Å². The Balaban J connectivity index is 2.36. The summed E-state index contributed by atoms with van der Waals surface area (Å²) in [6.07, 6.45) is 0.321. The molecule has 0 saturated heterocycles. The van der Waals surface area contributed by atoms with Crippen LogP contribution in [0, 0.1) is 11.6 Å². The Labute approximate surface area is 129 Å². The van der Waals surface area contributed by atoms with E-state index in [1.165, 1.54) is 12.1 Å². The van der Waals surface area contributed by atoms with Crippen LogP contribution in [0.25, 0.3) is 0 Å². The van der Waals surface area contributed by atoms with Gasteiger partial charge in [0, 0.05) is 10.6 Å². The lowest BCUT2D eigenvalue weighted by Crippen LogP contribution is -2.31. The fraction of sp³-hybridized carbons (Fsp3) is 0.143. The second kappa shape index (κ2) is 6.63. The monoisotopic (exact) mass is 360 g/mol. The molecule has 0 amide bonds. The molecule has 106 valence electrons. The Bertz CT molecular complexity index is 622. The van der Waals surface area contributed by atoms with Crippen molar-refractivity contribution in [2.24, 2.45) is 5.84 Å². The van der Waals surface area contributed by atoms with Crippen molar-refractivity contribution in [3.8, 4) is 0 Å². The van der Waals surface area contributed by atoms with Gasteiger partial charge in [-0.2, -0.15) is 0 Å². The number of hydrogen-bond donors (Lipinski definition) is 2. The van der Waals surface area contributed by atoms with Gasteiger partial charge in [-0.3, -0.25) is 11.3 Å². The van der Waals surface area contributed by atoms with E-state index in [0.717, 1.165) is 5.56 Å². The van der Waals surface area contributed by atoms with E-state index in [0.29, 0.717) is 11.4 Å². The van der Waals surface area contributed by atoms with Crippen LogP contribution in [0.1, 0.15) is 17.2 Å². The highest BCUT2D eigenvalue weighted by Gasteiger charge is 2.21. The molecule has 0 fully saturated rings. The Kier molecular flexibility index (Phi) is 5.10. The van der Waals surface area contributed by atoms with Crippen molar-refractivity contribution >= 4 is 27.5 Å². The number of rotatable bonds is 4. The zero-order valence-corrected chi connectivity index (χ0v) is 12.7. The van der Waals surface area contributed by atoms with E-state index in [9.17, 15) is 8.78 Å². The summed E-state index contributed by atoms with van der Waals surface area (Å²) in [7, 11) is 0. The van der Waals surface area contributed by atoms with Crippen LogP contribution in [0.3, 0.4) is 0 Å². The largest absolute Gasteiger partial charge is 0.271 e. The SMILES string of the molecule is NNC(Cc1cccc(Cl)c1)c1c(F)ccc(Br)c1F. The molecule has 2 aromatic rings. The average molecular weight is 362 g/mol. The second-order valence-corrected chi connectivity index (χ2v) is 5.60. The van der Waals surface area contributed by atoms with E-state index in [2.05, 4.69) is 21.4 Å². The Morgan fingerprint density at radius 1 is 1.25 bits per heavy atom. The minimum atomic E-state index is -0.689. The van der Waals surface area contributed by atoms with Gasteiger partial charge < -0.3 is 0 Å². The number of nitrogens with two attached hydrogens (primary N) is 1. The maximum Gasteiger partial charge on any atom is 0.145 e. The summed E-state index contributed by atoms with van der Waals surface area (Å²) >= 11 is 8.94. The lowest BCUT2D eigenvalue weighted by Gasteiger charge is -2.18. The molecule has 3 N–H and O–H groups in total. The standard InChI is InChI=1S/C14H12BrClF2N2/c15-10-4-5-11(17)13(14(10)18)12(20-19)7-8-2-1-3-9(16)6-8/h1-6,12,20H,7,19H2. The molecule has 0 radical (unpaired) electrons. The van der Waals surface area contributed by atoms with Crippen LogP contribution in [0.4, 0.5) is 8.78 Å². The van der Waals surface area contributed by atoms with Crippen molar-refractivity contribution in [1.29, 1.82) is 0 Å². The summed E-state index contributed by atoms with van der Waals surface area (Å²) in [5, 5.41) is 0.563. The molecule has 0 bridgehead atoms. The van der Waals surface area contributed by atoms with Gasteiger partial charge in [-0.15, -0.1) is 0 Å². The number of nitrogens with one attached hydrogen (secondary N) is 1. The summed E-state index contributed by atoms with van der Waals surface area (Å²) in [6, 6.07) is 8.90. The summed E-state index contributed by atoms with van der Waals surface area (Å²) in [5.74, 6) is 4.15. The molecule has 6 heteroatoms. The third kappa shape index (κ3) is 3.35. The molecule has 0 aromatic heterocycles. The minimum absolute atomic E-state index is 0.0955. The summed E-state index contributed by atoms with van der Waals surface area (Å²) in [5.41, 5.74) is 3.19. The average Bonchev–Trinajstić information content (AvgIpc) is 2.42. The minimum Gasteiger partial charge on any atom is -0.271 e. The van der Waals surface area contributed by atoms with E-state index in [-0.39, 0.29) is 10.0 Å². The van der Waals surface area contributed by atoms with Crippen molar-refractivity contribution in [3.63, 3.8) is 0 Å². The molecule has 2 nitrogen and oxygen atoms in total. The first-order chi connectivity index (χ1) is 9.52. The lowest BCUT2D eigenvalue weighted by atomic mass is 9.98. The number of hydrogen-bond acceptors (Lipinski definition) is 2. The molecule has 0 saturated carbocycles. The van der Waals surface area contributed by atoms with Gasteiger partial charge in [0.2, 0.25) is 0 Å². The molecule has 0 aliphatic carbocycles. The fourth-order valence-corrected chi connectivity index (χ4v) is 2.56. The molecule has 0 spiro atoms. The van der Waals surface area contributed by atoms with Crippen LogP contribution in [0.2, 0.25) is 5.02 Å². The Morgan fingerprint density at radius 3 is 2.65 bits per heavy atom. The maximum atomic E-state index is 14.1. The third-order valence-corrected chi connectivity index (χ3v) is 3.81. The van der Waals surface area contributed by atoms with Gasteiger partial charge in [0.15, 0.2) is 0 Å². The first-order valence-electron chi connectivity index (χ1n) is 5.87. The summed E-state index contributed by atoms with van der Waals surface area (Å²) < 4.78 is 28.1.